The molecule has 5 amide bonds. The molecule has 2 aliphatic carbocycles. The Balaban J connectivity index is 1.43. The average molecular weight is 694 g/mol. The minimum Gasteiger partial charge on any atom is -0.444 e. The lowest BCUT2D eigenvalue weighted by atomic mass is 9.83. The molecule has 0 bridgehead atoms. The van der Waals surface area contributed by atoms with Crippen molar-refractivity contribution in [2.24, 2.45) is 23.2 Å². The Bertz CT molecular complexity index is 1420. The summed E-state index contributed by atoms with van der Waals surface area (Å²) in [6, 6.07) is 6.53. The molecule has 4 N–H and O–H groups in total. The molecule has 1 unspecified atom stereocenters. The zero-order valence-corrected chi connectivity index (χ0v) is 30.2. The Hall–Kier alpha value is -4.22. The molecule has 1 saturated heterocycles. The van der Waals surface area contributed by atoms with E-state index in [2.05, 4.69) is 41.7 Å². The second-order valence-corrected chi connectivity index (χ2v) is 15.5. The van der Waals surface area contributed by atoms with E-state index < -0.39 is 47.4 Å². The van der Waals surface area contributed by atoms with E-state index in [4.69, 9.17) is 4.74 Å². The van der Waals surface area contributed by atoms with Gasteiger partial charge in [0.25, 0.3) is 5.91 Å². The van der Waals surface area contributed by atoms with Gasteiger partial charge in [0.2, 0.25) is 23.5 Å². The molecule has 2 saturated carbocycles. The molecule has 3 fully saturated rings. The summed E-state index contributed by atoms with van der Waals surface area (Å²) in [6.45, 7) is 13.8. The van der Waals surface area contributed by atoms with Gasteiger partial charge in [-0.05, 0) is 75.2 Å². The normalized spacial score (nSPS) is 22.3. The second-order valence-electron chi connectivity index (χ2n) is 15.5. The summed E-state index contributed by atoms with van der Waals surface area (Å²) in [7, 11) is 0. The summed E-state index contributed by atoms with van der Waals surface area (Å²) in [5.41, 5.74) is -0.00953. The number of ketones is 1. The van der Waals surface area contributed by atoms with Crippen LogP contribution in [0.1, 0.15) is 91.5 Å². The van der Waals surface area contributed by atoms with Crippen LogP contribution in [0.4, 0.5) is 4.79 Å². The lowest BCUT2D eigenvalue weighted by Gasteiger charge is -2.37. The van der Waals surface area contributed by atoms with Crippen LogP contribution >= 0.6 is 0 Å². The van der Waals surface area contributed by atoms with Gasteiger partial charge in [0.1, 0.15) is 17.7 Å². The lowest BCUT2D eigenvalue weighted by Crippen LogP contribution is -2.59. The molecule has 1 aromatic carbocycles. The predicted octanol–water partition coefficient (Wildman–Crippen LogP) is 3.79. The van der Waals surface area contributed by atoms with Gasteiger partial charge in [-0.2, -0.15) is 0 Å². The number of fused-ring (bicyclic) bond motifs is 1. The van der Waals surface area contributed by atoms with Crippen LogP contribution in [-0.4, -0.2) is 77.2 Å². The number of ether oxygens (including phenoxy) is 1. The summed E-state index contributed by atoms with van der Waals surface area (Å²) in [5.74, 6) is -3.01. The number of benzene rings is 1. The third-order valence-corrected chi connectivity index (χ3v) is 10.3. The molecular formula is C38H55N5O7. The summed E-state index contributed by atoms with van der Waals surface area (Å²) < 4.78 is 5.51. The molecule has 0 spiro atoms. The van der Waals surface area contributed by atoms with Crippen LogP contribution in [0.15, 0.2) is 43.0 Å². The third-order valence-electron chi connectivity index (χ3n) is 10.3. The largest absolute Gasteiger partial charge is 0.444 e. The number of carbonyl (C=O) groups excluding carboxylic acids is 6. The number of rotatable bonds is 15. The molecule has 0 radical (unpaired) electrons. The molecule has 1 heterocycles. The molecule has 0 aromatic heterocycles. The van der Waals surface area contributed by atoms with Crippen LogP contribution in [0.5, 0.6) is 0 Å². The van der Waals surface area contributed by atoms with E-state index in [9.17, 15) is 28.8 Å². The number of nitrogens with zero attached hydrogens (tertiary/aromatic N) is 1. The fraction of sp³-hybridized carbons (Fsp3) is 0.632. The predicted molar refractivity (Wildman–Crippen MR) is 188 cm³/mol. The Kier molecular flexibility index (Phi) is 12.9. The molecule has 3 aliphatic rings. The molecule has 12 heteroatoms. The first-order valence-corrected chi connectivity index (χ1v) is 18.0. The first-order valence-electron chi connectivity index (χ1n) is 18.0. The van der Waals surface area contributed by atoms with Crippen molar-refractivity contribution in [2.45, 2.75) is 116 Å². The van der Waals surface area contributed by atoms with Crippen molar-refractivity contribution in [2.75, 3.05) is 13.1 Å². The molecule has 12 nitrogen and oxygen atoms in total. The van der Waals surface area contributed by atoms with Crippen LogP contribution in [0, 0.1) is 23.2 Å². The number of allylic oxidation sites excluding steroid dienone is 1. The standard InChI is InChI=1S/C38H55N5O7/c1-7-8-19-27(32(45)34(47)39-21-20-28(44)40-22-24-15-11-9-12-16-24)41-33(46)31-29-26(38(29,5)6)23-43(31)35(48)30(25-17-13-10-14-18-25)42-36(49)50-37(2,3)4/h7,9,11-12,15-16,25-27,29-31H,1,8,10,13-14,17-23H2,2-6H3,(H,39,47)(H,40,44)(H,41,46)(H,42,49)/t26?,27-,29+,30+,31+/m1/s1. The third kappa shape index (κ3) is 9.94. The molecular weight excluding hydrogens is 638 g/mol. The van der Waals surface area contributed by atoms with E-state index in [0.717, 1.165) is 37.7 Å². The number of alkyl carbamates (subject to hydrolysis) is 1. The molecule has 1 aliphatic heterocycles. The summed E-state index contributed by atoms with van der Waals surface area (Å²) in [4.78, 5) is 81.5. The lowest BCUT2D eigenvalue weighted by molar-refractivity contribution is -0.145. The molecule has 5 atom stereocenters. The Morgan fingerprint density at radius 2 is 1.68 bits per heavy atom. The quantitative estimate of drug-likeness (QED) is 0.161. The number of Topliss-reactive ketones (excluding diaryl/α,β-unsaturated/α-hetero) is 1. The number of nitrogens with one attached hydrogen (secondary N) is 4. The summed E-state index contributed by atoms with van der Waals surface area (Å²) in [6.07, 6.45) is 5.90. The zero-order valence-electron chi connectivity index (χ0n) is 30.2. The van der Waals surface area contributed by atoms with E-state index in [-0.39, 0.29) is 54.4 Å². The van der Waals surface area contributed by atoms with E-state index in [1.54, 1.807) is 31.7 Å². The van der Waals surface area contributed by atoms with Gasteiger partial charge in [0.05, 0.1) is 6.04 Å². The van der Waals surface area contributed by atoms with E-state index >= 15 is 0 Å². The molecule has 4 rings (SSSR count). The van der Waals surface area contributed by atoms with Gasteiger partial charge in [-0.25, -0.2) is 4.79 Å². The Labute approximate surface area is 295 Å². The SMILES string of the molecule is C=CCC[C@@H](NC(=O)[C@@H]1[C@@H]2C(CN1C(=O)[C@@H](NC(=O)OC(C)(C)C)C1CCCCC1)C2(C)C)C(=O)C(=O)NCCC(=O)NCc1ccccc1. The highest BCUT2D eigenvalue weighted by atomic mass is 16.6. The average Bonchev–Trinajstić information content (AvgIpc) is 3.38. The summed E-state index contributed by atoms with van der Waals surface area (Å²) in [5, 5.41) is 10.9. The van der Waals surface area contributed by atoms with Gasteiger partial charge in [-0.1, -0.05) is 69.5 Å². The second kappa shape index (κ2) is 16.7. The number of carbonyl (C=O) groups is 6. The van der Waals surface area contributed by atoms with Crippen molar-refractivity contribution in [3.05, 3.63) is 48.6 Å². The van der Waals surface area contributed by atoms with E-state index in [1.807, 2.05) is 30.3 Å². The van der Waals surface area contributed by atoms with Gasteiger partial charge >= 0.3 is 6.09 Å². The zero-order chi connectivity index (χ0) is 36.6. The van der Waals surface area contributed by atoms with Crippen molar-refractivity contribution in [1.29, 1.82) is 0 Å². The van der Waals surface area contributed by atoms with Crippen molar-refractivity contribution in [3.63, 3.8) is 0 Å². The van der Waals surface area contributed by atoms with Gasteiger partial charge in [0, 0.05) is 26.1 Å². The number of piperidine rings is 1. The first kappa shape index (κ1) is 38.6. The van der Waals surface area contributed by atoms with Crippen molar-refractivity contribution in [1.82, 2.24) is 26.2 Å². The Morgan fingerprint density at radius 1 is 1.00 bits per heavy atom. The topological polar surface area (TPSA) is 163 Å². The highest BCUT2D eigenvalue weighted by Gasteiger charge is 2.69. The molecule has 50 heavy (non-hydrogen) atoms. The van der Waals surface area contributed by atoms with Crippen LogP contribution < -0.4 is 21.3 Å². The highest BCUT2D eigenvalue weighted by molar-refractivity contribution is 6.38. The van der Waals surface area contributed by atoms with Gasteiger partial charge in [0.15, 0.2) is 0 Å². The van der Waals surface area contributed by atoms with E-state index in [0.29, 0.717) is 19.5 Å². The van der Waals surface area contributed by atoms with Crippen molar-refractivity contribution >= 4 is 35.5 Å². The molecule has 274 valence electrons. The van der Waals surface area contributed by atoms with Gasteiger partial charge in [-0.3, -0.25) is 24.0 Å². The number of hydrogen-bond acceptors (Lipinski definition) is 7. The fourth-order valence-corrected chi connectivity index (χ4v) is 7.51. The van der Waals surface area contributed by atoms with Crippen LogP contribution in [0.2, 0.25) is 0 Å². The van der Waals surface area contributed by atoms with Crippen LogP contribution in [0.3, 0.4) is 0 Å². The maximum atomic E-state index is 14.3. The van der Waals surface area contributed by atoms with Crippen LogP contribution in [0.25, 0.3) is 0 Å². The monoisotopic (exact) mass is 693 g/mol. The fourth-order valence-electron chi connectivity index (χ4n) is 7.51. The van der Waals surface area contributed by atoms with Crippen molar-refractivity contribution < 1.29 is 33.5 Å². The number of amides is 5. The maximum Gasteiger partial charge on any atom is 0.408 e. The molecule has 1 aromatic rings. The van der Waals surface area contributed by atoms with E-state index in [1.165, 1.54) is 0 Å². The van der Waals surface area contributed by atoms with Gasteiger partial charge < -0.3 is 30.9 Å². The minimum absolute atomic E-state index is 0.0215. The van der Waals surface area contributed by atoms with Crippen LogP contribution in [-0.2, 0) is 35.3 Å². The number of likely N-dealkylation sites (tertiary alicyclic amines) is 1. The van der Waals surface area contributed by atoms with Crippen molar-refractivity contribution in [3.8, 4) is 0 Å². The highest BCUT2D eigenvalue weighted by Crippen LogP contribution is 2.65. The summed E-state index contributed by atoms with van der Waals surface area (Å²) >= 11 is 0. The minimum atomic E-state index is -1.15. The smallest absolute Gasteiger partial charge is 0.408 e. The Morgan fingerprint density at radius 3 is 2.32 bits per heavy atom. The number of hydrogen-bond donors (Lipinski definition) is 4. The van der Waals surface area contributed by atoms with Gasteiger partial charge in [-0.15, -0.1) is 6.58 Å². The first-order chi connectivity index (χ1) is 23.6. The maximum absolute atomic E-state index is 14.3.